The van der Waals surface area contributed by atoms with E-state index in [0.717, 1.165) is 5.92 Å². The second-order valence-corrected chi connectivity index (χ2v) is 6.92. The van der Waals surface area contributed by atoms with Gasteiger partial charge in [0.05, 0.1) is 0 Å². The third-order valence-electron chi connectivity index (χ3n) is 4.89. The lowest BCUT2D eigenvalue weighted by Gasteiger charge is -2.27. The number of benzene rings is 1. The van der Waals surface area contributed by atoms with Crippen molar-refractivity contribution in [3.63, 3.8) is 0 Å². The molecular formula is C20H33N. The molecule has 1 aliphatic rings. The van der Waals surface area contributed by atoms with E-state index in [1.807, 2.05) is 0 Å². The molecule has 1 aromatic rings. The molecule has 1 aromatic carbocycles. The molecule has 118 valence electrons. The standard InChI is InChI=1S/C20H33N/c1-3-14-21-20(16-18-9-5-4-6-10-18)13-12-19-11-7-8-17(2)15-19/h7-8,11,15,18,20-21H,3-6,9-10,12-14,16H2,1-2H3. The zero-order chi connectivity index (χ0) is 14.9. The molecule has 1 aliphatic carbocycles. The first kappa shape index (κ1) is 16.5. The van der Waals surface area contributed by atoms with E-state index in [0.29, 0.717) is 6.04 Å². The number of nitrogens with one attached hydrogen (secondary N) is 1. The SMILES string of the molecule is CCCNC(CCc1cccc(C)c1)CC1CCCCC1. The van der Waals surface area contributed by atoms with E-state index in [2.05, 4.69) is 43.4 Å². The minimum Gasteiger partial charge on any atom is -0.314 e. The molecule has 0 aromatic heterocycles. The Morgan fingerprint density at radius 3 is 2.71 bits per heavy atom. The first-order valence-corrected chi connectivity index (χ1v) is 9.07. The van der Waals surface area contributed by atoms with E-state index in [-0.39, 0.29) is 0 Å². The molecule has 2 rings (SSSR count). The first-order valence-electron chi connectivity index (χ1n) is 9.07. The van der Waals surface area contributed by atoms with Crippen LogP contribution >= 0.6 is 0 Å². The van der Waals surface area contributed by atoms with Gasteiger partial charge in [-0.1, -0.05) is 68.9 Å². The van der Waals surface area contributed by atoms with Gasteiger partial charge in [-0.15, -0.1) is 0 Å². The van der Waals surface area contributed by atoms with Crippen LogP contribution in [-0.2, 0) is 6.42 Å². The number of rotatable bonds is 8. The summed E-state index contributed by atoms with van der Waals surface area (Å²) in [7, 11) is 0. The zero-order valence-corrected chi connectivity index (χ0v) is 14.0. The fourth-order valence-electron chi connectivity index (χ4n) is 3.69. The van der Waals surface area contributed by atoms with Gasteiger partial charge in [0, 0.05) is 6.04 Å². The van der Waals surface area contributed by atoms with Crippen molar-refractivity contribution in [3.05, 3.63) is 35.4 Å². The van der Waals surface area contributed by atoms with Crippen molar-refractivity contribution in [1.29, 1.82) is 0 Å². The number of aryl methyl sites for hydroxylation is 2. The molecule has 0 radical (unpaired) electrons. The Hall–Kier alpha value is -0.820. The maximum atomic E-state index is 3.80. The van der Waals surface area contributed by atoms with E-state index in [9.17, 15) is 0 Å². The third-order valence-corrected chi connectivity index (χ3v) is 4.89. The molecular weight excluding hydrogens is 254 g/mol. The highest BCUT2D eigenvalue weighted by Crippen LogP contribution is 2.28. The van der Waals surface area contributed by atoms with Crippen LogP contribution in [0.5, 0.6) is 0 Å². The summed E-state index contributed by atoms with van der Waals surface area (Å²) in [6, 6.07) is 9.73. The molecule has 1 N–H and O–H groups in total. The minimum absolute atomic E-state index is 0.716. The zero-order valence-electron chi connectivity index (χ0n) is 14.0. The second-order valence-electron chi connectivity index (χ2n) is 6.92. The monoisotopic (exact) mass is 287 g/mol. The highest BCUT2D eigenvalue weighted by atomic mass is 14.9. The maximum absolute atomic E-state index is 3.80. The van der Waals surface area contributed by atoms with Gasteiger partial charge in [-0.3, -0.25) is 0 Å². The number of hydrogen-bond donors (Lipinski definition) is 1. The third kappa shape index (κ3) is 6.22. The van der Waals surface area contributed by atoms with Gasteiger partial charge < -0.3 is 5.32 Å². The summed E-state index contributed by atoms with van der Waals surface area (Å²) in [5, 5.41) is 3.80. The smallest absolute Gasteiger partial charge is 0.00728 e. The summed E-state index contributed by atoms with van der Waals surface area (Å²) < 4.78 is 0. The van der Waals surface area contributed by atoms with E-state index >= 15 is 0 Å². The molecule has 1 fully saturated rings. The predicted octanol–water partition coefficient (Wildman–Crippen LogP) is 5.27. The van der Waals surface area contributed by atoms with E-state index in [4.69, 9.17) is 0 Å². The van der Waals surface area contributed by atoms with Crippen molar-refractivity contribution in [2.75, 3.05) is 6.54 Å². The lowest BCUT2D eigenvalue weighted by atomic mass is 9.83. The molecule has 1 unspecified atom stereocenters. The Morgan fingerprint density at radius 1 is 1.19 bits per heavy atom. The molecule has 0 bridgehead atoms. The molecule has 1 atom stereocenters. The quantitative estimate of drug-likeness (QED) is 0.687. The molecule has 1 heteroatoms. The molecule has 0 saturated heterocycles. The first-order chi connectivity index (χ1) is 10.3. The van der Waals surface area contributed by atoms with Gasteiger partial charge in [0.25, 0.3) is 0 Å². The van der Waals surface area contributed by atoms with Gasteiger partial charge in [0.2, 0.25) is 0 Å². The van der Waals surface area contributed by atoms with Crippen molar-refractivity contribution < 1.29 is 0 Å². The Kier molecular flexibility index (Phi) is 7.29. The molecule has 0 aliphatic heterocycles. The summed E-state index contributed by atoms with van der Waals surface area (Å²) in [5.41, 5.74) is 2.89. The lowest BCUT2D eigenvalue weighted by Crippen LogP contribution is -2.32. The summed E-state index contributed by atoms with van der Waals surface area (Å²) in [6.45, 7) is 5.63. The van der Waals surface area contributed by atoms with Crippen LogP contribution in [-0.4, -0.2) is 12.6 Å². The highest BCUT2D eigenvalue weighted by molar-refractivity contribution is 5.22. The molecule has 1 saturated carbocycles. The Bertz CT molecular complexity index is 393. The maximum Gasteiger partial charge on any atom is 0.00728 e. The van der Waals surface area contributed by atoms with Crippen LogP contribution in [0.15, 0.2) is 24.3 Å². The second kappa shape index (κ2) is 9.25. The number of hydrogen-bond acceptors (Lipinski definition) is 1. The molecule has 21 heavy (non-hydrogen) atoms. The largest absolute Gasteiger partial charge is 0.314 e. The average Bonchev–Trinajstić information content (AvgIpc) is 2.51. The van der Waals surface area contributed by atoms with Crippen LogP contribution in [0.3, 0.4) is 0 Å². The summed E-state index contributed by atoms with van der Waals surface area (Å²) in [4.78, 5) is 0. The fourth-order valence-corrected chi connectivity index (χ4v) is 3.69. The van der Waals surface area contributed by atoms with Gasteiger partial charge >= 0.3 is 0 Å². The molecule has 0 spiro atoms. The Balaban J connectivity index is 1.83. The van der Waals surface area contributed by atoms with Crippen molar-refractivity contribution >= 4 is 0 Å². The Labute approximate surface area is 131 Å². The van der Waals surface area contributed by atoms with Gasteiger partial charge in [-0.2, -0.15) is 0 Å². The van der Waals surface area contributed by atoms with Gasteiger partial charge in [-0.25, -0.2) is 0 Å². The van der Waals surface area contributed by atoms with E-state index in [1.165, 1.54) is 75.5 Å². The average molecular weight is 287 g/mol. The van der Waals surface area contributed by atoms with Crippen molar-refractivity contribution in [3.8, 4) is 0 Å². The summed E-state index contributed by atoms with van der Waals surface area (Å²) in [6.07, 6.45) is 12.5. The van der Waals surface area contributed by atoms with Crippen LogP contribution in [0, 0.1) is 12.8 Å². The molecule has 1 nitrogen and oxygen atoms in total. The van der Waals surface area contributed by atoms with Gasteiger partial charge in [-0.05, 0) is 50.6 Å². The highest BCUT2D eigenvalue weighted by Gasteiger charge is 2.18. The van der Waals surface area contributed by atoms with E-state index < -0.39 is 0 Å². The van der Waals surface area contributed by atoms with E-state index in [1.54, 1.807) is 0 Å². The summed E-state index contributed by atoms with van der Waals surface area (Å²) >= 11 is 0. The predicted molar refractivity (Wildman–Crippen MR) is 92.8 cm³/mol. The van der Waals surface area contributed by atoms with Gasteiger partial charge in [0.15, 0.2) is 0 Å². The topological polar surface area (TPSA) is 12.0 Å². The summed E-state index contributed by atoms with van der Waals surface area (Å²) in [5.74, 6) is 0.977. The van der Waals surface area contributed by atoms with Crippen LogP contribution in [0.4, 0.5) is 0 Å². The van der Waals surface area contributed by atoms with Crippen molar-refractivity contribution in [2.45, 2.75) is 77.7 Å². The minimum atomic E-state index is 0.716. The van der Waals surface area contributed by atoms with Crippen LogP contribution in [0.2, 0.25) is 0 Å². The molecule has 0 amide bonds. The van der Waals surface area contributed by atoms with Crippen LogP contribution < -0.4 is 5.32 Å². The fraction of sp³-hybridized carbons (Fsp3) is 0.700. The lowest BCUT2D eigenvalue weighted by molar-refractivity contribution is 0.291. The van der Waals surface area contributed by atoms with Crippen molar-refractivity contribution in [2.24, 2.45) is 5.92 Å². The molecule has 0 heterocycles. The van der Waals surface area contributed by atoms with Gasteiger partial charge in [0.1, 0.15) is 0 Å². The van der Waals surface area contributed by atoms with Crippen molar-refractivity contribution in [1.82, 2.24) is 5.32 Å². The van der Waals surface area contributed by atoms with Crippen LogP contribution in [0.1, 0.15) is 69.4 Å². The normalized spacial score (nSPS) is 17.8. The Morgan fingerprint density at radius 2 is 2.00 bits per heavy atom. The van der Waals surface area contributed by atoms with Crippen LogP contribution in [0.25, 0.3) is 0 Å².